The molecule has 0 radical (unpaired) electrons. The predicted molar refractivity (Wildman–Crippen MR) is 68.9 cm³/mol. The molecule has 1 aromatic carbocycles. The first-order valence-electron chi connectivity index (χ1n) is 5.88. The zero-order valence-corrected chi connectivity index (χ0v) is 10.2. The van der Waals surface area contributed by atoms with Gasteiger partial charge >= 0.3 is 6.03 Å². The lowest BCUT2D eigenvalue weighted by molar-refractivity contribution is 0.229. The Bertz CT molecular complexity index is 547. The van der Waals surface area contributed by atoms with Crippen molar-refractivity contribution >= 4 is 11.7 Å². The predicted octanol–water partition coefficient (Wildman–Crippen LogP) is 1.74. The van der Waals surface area contributed by atoms with Gasteiger partial charge in [-0.1, -0.05) is 0 Å². The molecule has 0 saturated carbocycles. The molecule has 3 rings (SSSR count). The summed E-state index contributed by atoms with van der Waals surface area (Å²) in [5.41, 5.74) is 1.92. The smallest absolute Gasteiger partial charge is 0.324 e. The molecule has 5 nitrogen and oxygen atoms in total. The Morgan fingerprint density at radius 1 is 1.11 bits per heavy atom. The van der Waals surface area contributed by atoms with Crippen molar-refractivity contribution in [1.29, 1.82) is 0 Å². The molecule has 5 heteroatoms. The van der Waals surface area contributed by atoms with Gasteiger partial charge in [-0.3, -0.25) is 4.90 Å². The Labute approximate surface area is 105 Å². The number of carbonyl (C=O) groups is 1. The molecule has 2 aromatic rings. The van der Waals surface area contributed by atoms with Crippen LogP contribution in [-0.2, 0) is 0 Å². The number of benzene rings is 1. The topological polar surface area (TPSA) is 41.4 Å². The average Bonchev–Trinajstić information content (AvgIpc) is 3.02. The molecule has 1 aromatic heterocycles. The van der Waals surface area contributed by atoms with Gasteiger partial charge in [0.1, 0.15) is 0 Å². The summed E-state index contributed by atoms with van der Waals surface area (Å²) in [6.45, 7) is 1.52. The monoisotopic (exact) mass is 242 g/mol. The number of aromatic nitrogens is 2. The van der Waals surface area contributed by atoms with Crippen molar-refractivity contribution < 1.29 is 4.79 Å². The van der Waals surface area contributed by atoms with Crippen LogP contribution < -0.4 is 4.90 Å². The molecule has 0 N–H and O–H groups in total. The van der Waals surface area contributed by atoms with Crippen LogP contribution in [0.15, 0.2) is 42.7 Å². The first kappa shape index (κ1) is 10.8. The average molecular weight is 242 g/mol. The van der Waals surface area contributed by atoms with Crippen LogP contribution in [0.3, 0.4) is 0 Å². The minimum atomic E-state index is 0.0573. The van der Waals surface area contributed by atoms with Crippen LogP contribution in [0.25, 0.3) is 5.69 Å². The van der Waals surface area contributed by atoms with Crippen LogP contribution in [0.4, 0.5) is 10.5 Å². The second kappa shape index (κ2) is 4.18. The Morgan fingerprint density at radius 2 is 1.83 bits per heavy atom. The van der Waals surface area contributed by atoms with E-state index in [2.05, 4.69) is 5.10 Å². The number of hydrogen-bond acceptors (Lipinski definition) is 2. The fraction of sp³-hybridized carbons (Fsp3) is 0.231. The number of anilines is 1. The molecule has 0 spiro atoms. The summed E-state index contributed by atoms with van der Waals surface area (Å²) in [7, 11) is 1.82. The van der Waals surface area contributed by atoms with E-state index < -0.39 is 0 Å². The number of rotatable bonds is 2. The van der Waals surface area contributed by atoms with Gasteiger partial charge in [0.25, 0.3) is 0 Å². The molecule has 0 unspecified atom stereocenters. The van der Waals surface area contributed by atoms with Gasteiger partial charge in [0.2, 0.25) is 0 Å². The van der Waals surface area contributed by atoms with Crippen molar-refractivity contribution in [3.63, 3.8) is 0 Å². The van der Waals surface area contributed by atoms with Crippen molar-refractivity contribution in [2.75, 3.05) is 25.0 Å². The summed E-state index contributed by atoms with van der Waals surface area (Å²) in [6.07, 6.45) is 3.64. The largest absolute Gasteiger partial charge is 0.326 e. The first-order valence-corrected chi connectivity index (χ1v) is 5.88. The SMILES string of the molecule is CN1CCN(c2ccc(-n3cccn3)cc2)C1=O. The molecule has 2 heterocycles. The maximum absolute atomic E-state index is 11.9. The van der Waals surface area contributed by atoms with E-state index in [1.165, 1.54) is 0 Å². The summed E-state index contributed by atoms with van der Waals surface area (Å²) in [5.74, 6) is 0. The second-order valence-electron chi connectivity index (χ2n) is 4.32. The Morgan fingerprint density at radius 3 is 2.39 bits per heavy atom. The molecule has 1 aliphatic rings. The van der Waals surface area contributed by atoms with Crippen LogP contribution in [0.5, 0.6) is 0 Å². The van der Waals surface area contributed by atoms with E-state index in [1.54, 1.807) is 20.7 Å². The summed E-state index contributed by atoms with van der Waals surface area (Å²) in [5, 5.41) is 4.17. The van der Waals surface area contributed by atoms with Gasteiger partial charge in [-0.2, -0.15) is 5.10 Å². The molecule has 0 aliphatic carbocycles. The van der Waals surface area contributed by atoms with E-state index >= 15 is 0 Å². The lowest BCUT2D eigenvalue weighted by atomic mass is 10.2. The fourth-order valence-corrected chi connectivity index (χ4v) is 2.09. The van der Waals surface area contributed by atoms with E-state index in [1.807, 2.05) is 43.6 Å². The van der Waals surface area contributed by atoms with Gasteiger partial charge in [0, 0.05) is 38.2 Å². The fourth-order valence-electron chi connectivity index (χ4n) is 2.09. The number of likely N-dealkylation sites (N-methyl/N-ethyl adjacent to an activating group) is 1. The highest BCUT2D eigenvalue weighted by Crippen LogP contribution is 2.21. The van der Waals surface area contributed by atoms with Crippen molar-refractivity contribution in [3.05, 3.63) is 42.7 Å². The van der Waals surface area contributed by atoms with Gasteiger partial charge < -0.3 is 4.90 Å². The standard InChI is InChI=1S/C13H14N4O/c1-15-9-10-16(13(15)18)11-3-5-12(6-4-11)17-8-2-7-14-17/h2-8H,9-10H2,1H3. The summed E-state index contributed by atoms with van der Waals surface area (Å²) in [6, 6.07) is 9.78. The molecule has 0 bridgehead atoms. The molecule has 1 saturated heterocycles. The van der Waals surface area contributed by atoms with Crippen molar-refractivity contribution in [3.8, 4) is 5.69 Å². The highest BCUT2D eigenvalue weighted by molar-refractivity contribution is 5.93. The Balaban J connectivity index is 1.86. The van der Waals surface area contributed by atoms with Crippen molar-refractivity contribution in [1.82, 2.24) is 14.7 Å². The molecule has 18 heavy (non-hydrogen) atoms. The van der Waals surface area contributed by atoms with E-state index in [0.29, 0.717) is 0 Å². The Kier molecular flexibility index (Phi) is 2.51. The van der Waals surface area contributed by atoms with Crippen LogP contribution in [-0.4, -0.2) is 40.8 Å². The van der Waals surface area contributed by atoms with Gasteiger partial charge in [-0.25, -0.2) is 9.48 Å². The lowest BCUT2D eigenvalue weighted by Crippen LogP contribution is -2.29. The van der Waals surface area contributed by atoms with Gasteiger partial charge in [-0.15, -0.1) is 0 Å². The third-order valence-electron chi connectivity index (χ3n) is 3.15. The summed E-state index contributed by atoms with van der Waals surface area (Å²) >= 11 is 0. The van der Waals surface area contributed by atoms with Crippen molar-refractivity contribution in [2.45, 2.75) is 0 Å². The highest BCUT2D eigenvalue weighted by atomic mass is 16.2. The normalized spacial score (nSPS) is 15.5. The zero-order chi connectivity index (χ0) is 12.5. The first-order chi connectivity index (χ1) is 8.75. The molecular formula is C13H14N4O. The number of hydrogen-bond donors (Lipinski definition) is 0. The number of urea groups is 1. The van der Waals surface area contributed by atoms with Crippen LogP contribution in [0, 0.1) is 0 Å². The number of nitrogens with zero attached hydrogens (tertiary/aromatic N) is 4. The van der Waals surface area contributed by atoms with Crippen LogP contribution >= 0.6 is 0 Å². The molecule has 0 atom stereocenters. The molecule has 2 amide bonds. The third kappa shape index (κ3) is 1.73. The Hall–Kier alpha value is -2.30. The van der Waals surface area contributed by atoms with E-state index in [4.69, 9.17) is 0 Å². The summed E-state index contributed by atoms with van der Waals surface area (Å²) < 4.78 is 1.79. The molecule has 1 fully saturated rings. The number of amides is 2. The van der Waals surface area contributed by atoms with Crippen molar-refractivity contribution in [2.24, 2.45) is 0 Å². The second-order valence-corrected chi connectivity index (χ2v) is 4.32. The maximum Gasteiger partial charge on any atom is 0.324 e. The van der Waals surface area contributed by atoms with Gasteiger partial charge in [0.05, 0.1) is 5.69 Å². The molecular weight excluding hydrogens is 228 g/mol. The van der Waals surface area contributed by atoms with E-state index in [-0.39, 0.29) is 6.03 Å². The van der Waals surface area contributed by atoms with Crippen LogP contribution in [0.1, 0.15) is 0 Å². The van der Waals surface area contributed by atoms with E-state index in [0.717, 1.165) is 24.5 Å². The van der Waals surface area contributed by atoms with E-state index in [9.17, 15) is 4.79 Å². The van der Waals surface area contributed by atoms with Gasteiger partial charge in [-0.05, 0) is 30.3 Å². The van der Waals surface area contributed by atoms with Crippen LogP contribution in [0.2, 0.25) is 0 Å². The van der Waals surface area contributed by atoms with Gasteiger partial charge in [0.15, 0.2) is 0 Å². The quantitative estimate of drug-likeness (QED) is 0.805. The third-order valence-corrected chi connectivity index (χ3v) is 3.15. The minimum Gasteiger partial charge on any atom is -0.326 e. The number of carbonyl (C=O) groups excluding carboxylic acids is 1. The maximum atomic E-state index is 11.9. The lowest BCUT2D eigenvalue weighted by Gasteiger charge is -2.16. The minimum absolute atomic E-state index is 0.0573. The molecule has 1 aliphatic heterocycles. The zero-order valence-electron chi connectivity index (χ0n) is 10.2. The summed E-state index contributed by atoms with van der Waals surface area (Å²) in [4.78, 5) is 15.4. The molecule has 92 valence electrons. The highest BCUT2D eigenvalue weighted by Gasteiger charge is 2.26.